The Kier molecular flexibility index (Phi) is 2.96. The summed E-state index contributed by atoms with van der Waals surface area (Å²) in [7, 11) is 0. The average molecular weight is 195 g/mol. The number of ketones is 2. The van der Waals surface area contributed by atoms with Crippen molar-refractivity contribution in [1.29, 1.82) is 0 Å². The van der Waals surface area contributed by atoms with Crippen LogP contribution in [-0.2, 0) is 9.59 Å². The number of carbonyl (C=O) groups is 2. The zero-order valence-electron chi connectivity index (χ0n) is 8.50. The fourth-order valence-corrected chi connectivity index (χ4v) is 2.45. The highest BCUT2D eigenvalue weighted by Crippen LogP contribution is 2.22. The molecule has 1 atom stereocenters. The molecule has 1 heterocycles. The molecule has 0 spiro atoms. The lowest BCUT2D eigenvalue weighted by Gasteiger charge is -2.35. The normalized spacial score (nSPS) is 30.7. The topological polar surface area (TPSA) is 37.4 Å². The van der Waals surface area contributed by atoms with E-state index in [2.05, 4.69) is 4.90 Å². The van der Waals surface area contributed by atoms with E-state index < -0.39 is 0 Å². The molecule has 1 aliphatic carbocycles. The van der Waals surface area contributed by atoms with Crippen LogP contribution in [0.5, 0.6) is 0 Å². The summed E-state index contributed by atoms with van der Waals surface area (Å²) in [5, 5.41) is 0. The zero-order valence-corrected chi connectivity index (χ0v) is 8.50. The predicted molar refractivity (Wildman–Crippen MR) is 53.1 cm³/mol. The second kappa shape index (κ2) is 4.22. The van der Waals surface area contributed by atoms with Crippen LogP contribution in [0.1, 0.15) is 38.5 Å². The Balaban J connectivity index is 1.88. The van der Waals surface area contributed by atoms with Gasteiger partial charge in [0.2, 0.25) is 0 Å². The van der Waals surface area contributed by atoms with Gasteiger partial charge in [-0.3, -0.25) is 14.5 Å². The number of nitrogens with zero attached hydrogens (tertiary/aromatic N) is 1. The van der Waals surface area contributed by atoms with Gasteiger partial charge in [-0.2, -0.15) is 0 Å². The van der Waals surface area contributed by atoms with Crippen molar-refractivity contribution in [3.05, 3.63) is 0 Å². The molecule has 0 aromatic rings. The first-order valence-electron chi connectivity index (χ1n) is 5.53. The summed E-state index contributed by atoms with van der Waals surface area (Å²) >= 11 is 0. The first kappa shape index (κ1) is 9.84. The lowest BCUT2D eigenvalue weighted by molar-refractivity contribution is -0.124. The minimum atomic E-state index is 0.378. The van der Waals surface area contributed by atoms with E-state index in [9.17, 15) is 9.59 Å². The van der Waals surface area contributed by atoms with Crippen molar-refractivity contribution in [2.75, 3.05) is 13.1 Å². The molecule has 1 aliphatic heterocycles. The molecule has 2 aliphatic rings. The quantitative estimate of drug-likeness (QED) is 0.630. The van der Waals surface area contributed by atoms with Gasteiger partial charge < -0.3 is 0 Å². The Bertz CT molecular complexity index is 240. The molecule has 1 saturated heterocycles. The van der Waals surface area contributed by atoms with Crippen LogP contribution in [0, 0.1) is 0 Å². The third-order valence-electron chi connectivity index (χ3n) is 3.33. The van der Waals surface area contributed by atoms with Crippen molar-refractivity contribution in [2.24, 2.45) is 0 Å². The van der Waals surface area contributed by atoms with Gasteiger partial charge >= 0.3 is 0 Å². The molecule has 14 heavy (non-hydrogen) atoms. The Morgan fingerprint density at radius 2 is 1.71 bits per heavy atom. The molecule has 3 nitrogen and oxygen atoms in total. The summed E-state index contributed by atoms with van der Waals surface area (Å²) in [4.78, 5) is 24.7. The second-order valence-electron chi connectivity index (χ2n) is 4.36. The van der Waals surface area contributed by atoms with Crippen LogP contribution in [0.2, 0.25) is 0 Å². The molecular formula is C11H17NO2. The van der Waals surface area contributed by atoms with Gasteiger partial charge in [-0.1, -0.05) is 0 Å². The highest BCUT2D eigenvalue weighted by Gasteiger charge is 2.27. The van der Waals surface area contributed by atoms with Gasteiger partial charge in [-0.05, 0) is 12.8 Å². The van der Waals surface area contributed by atoms with Crippen molar-refractivity contribution >= 4 is 11.6 Å². The number of piperidine rings is 1. The first-order valence-corrected chi connectivity index (χ1v) is 5.53. The Morgan fingerprint density at radius 3 is 2.36 bits per heavy atom. The van der Waals surface area contributed by atoms with Crippen LogP contribution in [-0.4, -0.2) is 35.6 Å². The molecule has 0 aromatic heterocycles. The van der Waals surface area contributed by atoms with Crippen molar-refractivity contribution in [2.45, 2.75) is 44.6 Å². The summed E-state index contributed by atoms with van der Waals surface area (Å²) in [6.07, 6.45) is 5.03. The monoisotopic (exact) mass is 195 g/mol. The minimum absolute atomic E-state index is 0.378. The lowest BCUT2D eigenvalue weighted by atomic mass is 9.92. The number of carbonyl (C=O) groups excluding carboxylic acids is 2. The van der Waals surface area contributed by atoms with Gasteiger partial charge in [0, 0.05) is 44.8 Å². The van der Waals surface area contributed by atoms with Gasteiger partial charge in [-0.25, -0.2) is 0 Å². The summed E-state index contributed by atoms with van der Waals surface area (Å²) < 4.78 is 0. The van der Waals surface area contributed by atoms with Crippen LogP contribution in [0.25, 0.3) is 0 Å². The lowest BCUT2D eigenvalue weighted by Crippen LogP contribution is -2.43. The molecule has 0 N–H and O–H groups in total. The van der Waals surface area contributed by atoms with E-state index in [0.717, 1.165) is 32.4 Å². The van der Waals surface area contributed by atoms with Crippen LogP contribution in [0.3, 0.4) is 0 Å². The van der Waals surface area contributed by atoms with Crippen LogP contribution in [0.15, 0.2) is 0 Å². The molecule has 2 rings (SSSR count). The maximum atomic E-state index is 11.3. The molecule has 1 saturated carbocycles. The van der Waals surface area contributed by atoms with Gasteiger partial charge in [0.15, 0.2) is 0 Å². The van der Waals surface area contributed by atoms with E-state index in [1.54, 1.807) is 0 Å². The fraction of sp³-hybridized carbons (Fsp3) is 0.818. The van der Waals surface area contributed by atoms with E-state index in [1.165, 1.54) is 0 Å². The summed E-state index contributed by atoms with van der Waals surface area (Å²) in [5.74, 6) is 0.779. The highest BCUT2D eigenvalue weighted by atomic mass is 16.1. The minimum Gasteiger partial charge on any atom is -0.300 e. The van der Waals surface area contributed by atoms with E-state index in [0.29, 0.717) is 36.9 Å². The van der Waals surface area contributed by atoms with Crippen molar-refractivity contribution in [3.8, 4) is 0 Å². The standard InChI is InChI=1S/C11H17NO2/c13-10-4-6-12(7-5-10)9-2-1-3-11(14)8-9/h9H,1-8H2. The Labute approximate surface area is 84.5 Å². The summed E-state index contributed by atoms with van der Waals surface area (Å²) in [6, 6.07) is 0.435. The summed E-state index contributed by atoms with van der Waals surface area (Å²) in [5.41, 5.74) is 0. The van der Waals surface area contributed by atoms with Crippen molar-refractivity contribution in [3.63, 3.8) is 0 Å². The number of likely N-dealkylation sites (tertiary alicyclic amines) is 1. The van der Waals surface area contributed by atoms with E-state index >= 15 is 0 Å². The number of Topliss-reactive ketones (excluding diaryl/α,β-unsaturated/α-hetero) is 2. The maximum Gasteiger partial charge on any atom is 0.135 e. The number of rotatable bonds is 1. The summed E-state index contributed by atoms with van der Waals surface area (Å²) in [6.45, 7) is 1.74. The van der Waals surface area contributed by atoms with E-state index in [-0.39, 0.29) is 0 Å². The third-order valence-corrected chi connectivity index (χ3v) is 3.33. The predicted octanol–water partition coefficient (Wildman–Crippen LogP) is 1.16. The molecule has 78 valence electrons. The Morgan fingerprint density at radius 1 is 1.00 bits per heavy atom. The second-order valence-corrected chi connectivity index (χ2v) is 4.36. The molecule has 0 amide bonds. The van der Waals surface area contributed by atoms with E-state index in [1.807, 2.05) is 0 Å². The molecule has 1 unspecified atom stereocenters. The van der Waals surface area contributed by atoms with Gasteiger partial charge in [0.25, 0.3) is 0 Å². The van der Waals surface area contributed by atoms with Gasteiger partial charge in [0.1, 0.15) is 11.6 Å². The molecule has 3 heteroatoms. The molecule has 0 bridgehead atoms. The maximum absolute atomic E-state index is 11.3. The largest absolute Gasteiger partial charge is 0.300 e. The van der Waals surface area contributed by atoms with Gasteiger partial charge in [-0.15, -0.1) is 0 Å². The average Bonchev–Trinajstić information content (AvgIpc) is 2.19. The van der Waals surface area contributed by atoms with Crippen LogP contribution in [0.4, 0.5) is 0 Å². The molecule has 0 aromatic carbocycles. The van der Waals surface area contributed by atoms with Crippen molar-refractivity contribution in [1.82, 2.24) is 4.90 Å². The third kappa shape index (κ3) is 2.21. The molecule has 0 radical (unpaired) electrons. The first-order chi connectivity index (χ1) is 6.75. The SMILES string of the molecule is O=C1CCN(C2CCCC(=O)C2)CC1. The Hall–Kier alpha value is -0.700. The zero-order chi connectivity index (χ0) is 9.97. The number of hydrogen-bond donors (Lipinski definition) is 0. The van der Waals surface area contributed by atoms with Gasteiger partial charge in [0.05, 0.1) is 0 Å². The smallest absolute Gasteiger partial charge is 0.135 e. The highest BCUT2D eigenvalue weighted by molar-refractivity contribution is 5.80. The number of hydrogen-bond acceptors (Lipinski definition) is 3. The fourth-order valence-electron chi connectivity index (χ4n) is 2.45. The van der Waals surface area contributed by atoms with Crippen molar-refractivity contribution < 1.29 is 9.59 Å². The van der Waals surface area contributed by atoms with Crippen LogP contribution < -0.4 is 0 Å². The van der Waals surface area contributed by atoms with E-state index in [4.69, 9.17) is 0 Å². The van der Waals surface area contributed by atoms with Crippen LogP contribution >= 0.6 is 0 Å². The molecular weight excluding hydrogens is 178 g/mol. The molecule has 2 fully saturated rings.